The molecule has 0 radical (unpaired) electrons. The molecule has 1 aliphatic heterocycles. The van der Waals surface area contributed by atoms with Gasteiger partial charge in [0, 0.05) is 23.7 Å². The van der Waals surface area contributed by atoms with Crippen LogP contribution in [0.2, 0.25) is 5.15 Å². The lowest BCUT2D eigenvalue weighted by molar-refractivity contribution is -0.153. The Morgan fingerprint density at radius 3 is 2.69 bits per heavy atom. The number of hydrogen-bond acceptors (Lipinski definition) is 4. The molecule has 1 aliphatic rings. The van der Waals surface area contributed by atoms with Gasteiger partial charge in [-0.3, -0.25) is 4.79 Å². The van der Waals surface area contributed by atoms with Crippen LogP contribution in [0.4, 0.5) is 13.2 Å². The molecule has 0 spiro atoms. The average Bonchev–Trinajstić information content (AvgIpc) is 2.66. The summed E-state index contributed by atoms with van der Waals surface area (Å²) in [5.74, 6) is -0.145. The van der Waals surface area contributed by atoms with Crippen molar-refractivity contribution in [2.45, 2.75) is 25.1 Å². The molecule has 1 saturated heterocycles. The second-order valence-corrected chi connectivity index (χ2v) is 7.45. The standard InChI is InChI=1S/C20H21ClF3N3O2/c1-27-8-2-3-15(11-27)25-19(28)14-9-17(26-18(21)10-14)13-4-6-16(7-5-13)29-12-20(22,23)24/h4-7,9-10,15H,2-3,8,11-12H2,1H3,(H,25,28)/t15-/m0/s1. The highest BCUT2D eigenvalue weighted by molar-refractivity contribution is 6.30. The van der Waals surface area contributed by atoms with Gasteiger partial charge >= 0.3 is 6.18 Å². The van der Waals surface area contributed by atoms with Crippen molar-refractivity contribution in [1.82, 2.24) is 15.2 Å². The van der Waals surface area contributed by atoms with E-state index in [0.29, 0.717) is 16.8 Å². The highest BCUT2D eigenvalue weighted by atomic mass is 35.5. The first-order chi connectivity index (χ1) is 13.7. The van der Waals surface area contributed by atoms with Gasteiger partial charge in [-0.2, -0.15) is 13.2 Å². The number of nitrogens with zero attached hydrogens (tertiary/aromatic N) is 2. The summed E-state index contributed by atoms with van der Waals surface area (Å²) in [6, 6.07) is 9.15. The number of piperidine rings is 1. The van der Waals surface area contributed by atoms with Gasteiger partial charge in [0.15, 0.2) is 6.61 Å². The van der Waals surface area contributed by atoms with E-state index in [4.69, 9.17) is 16.3 Å². The van der Waals surface area contributed by atoms with Crippen molar-refractivity contribution in [3.05, 3.63) is 47.1 Å². The smallest absolute Gasteiger partial charge is 0.422 e. The number of ether oxygens (including phenoxy) is 1. The first-order valence-electron chi connectivity index (χ1n) is 9.16. The minimum Gasteiger partial charge on any atom is -0.484 e. The number of benzene rings is 1. The van der Waals surface area contributed by atoms with Crippen molar-refractivity contribution in [3.63, 3.8) is 0 Å². The Morgan fingerprint density at radius 2 is 2.03 bits per heavy atom. The maximum Gasteiger partial charge on any atom is 0.422 e. The summed E-state index contributed by atoms with van der Waals surface area (Å²) in [5, 5.41) is 3.18. The third kappa shape index (κ3) is 6.33. The van der Waals surface area contributed by atoms with Crippen LogP contribution in [0.1, 0.15) is 23.2 Å². The quantitative estimate of drug-likeness (QED) is 0.728. The molecule has 0 aliphatic carbocycles. The van der Waals surface area contributed by atoms with E-state index in [1.165, 1.54) is 18.2 Å². The number of nitrogens with one attached hydrogen (secondary N) is 1. The van der Waals surface area contributed by atoms with E-state index in [1.807, 2.05) is 7.05 Å². The van der Waals surface area contributed by atoms with Crippen molar-refractivity contribution < 1.29 is 22.7 Å². The number of carbonyl (C=O) groups excluding carboxylic acids is 1. The van der Waals surface area contributed by atoms with Crippen molar-refractivity contribution in [3.8, 4) is 17.0 Å². The largest absolute Gasteiger partial charge is 0.484 e. The highest BCUT2D eigenvalue weighted by Gasteiger charge is 2.28. The average molecular weight is 428 g/mol. The normalized spacial score (nSPS) is 17.8. The van der Waals surface area contributed by atoms with Gasteiger partial charge in [-0.1, -0.05) is 11.6 Å². The SMILES string of the molecule is CN1CCC[C@H](NC(=O)c2cc(Cl)nc(-c3ccc(OCC(F)(F)F)cc3)c2)C1. The van der Waals surface area contributed by atoms with Gasteiger partial charge in [-0.15, -0.1) is 0 Å². The predicted molar refractivity (Wildman–Crippen MR) is 104 cm³/mol. The summed E-state index contributed by atoms with van der Waals surface area (Å²) in [6.45, 7) is 0.444. The number of aromatic nitrogens is 1. The Labute approximate surface area is 171 Å². The number of likely N-dealkylation sites (tertiary alicyclic amines) is 1. The van der Waals surface area contributed by atoms with Gasteiger partial charge < -0.3 is 15.0 Å². The third-order valence-corrected chi connectivity index (χ3v) is 4.76. The molecule has 2 aromatic rings. The third-order valence-electron chi connectivity index (χ3n) is 4.57. The summed E-state index contributed by atoms with van der Waals surface area (Å²) in [7, 11) is 2.02. The first kappa shape index (κ1) is 21.4. The molecule has 0 bridgehead atoms. The second kappa shape index (κ2) is 9.00. The summed E-state index contributed by atoms with van der Waals surface area (Å²) in [4.78, 5) is 19.0. The molecular weight excluding hydrogens is 407 g/mol. The van der Waals surface area contributed by atoms with Crippen LogP contribution in [0.5, 0.6) is 5.75 Å². The van der Waals surface area contributed by atoms with Gasteiger partial charge in [0.25, 0.3) is 5.91 Å². The molecule has 29 heavy (non-hydrogen) atoms. The predicted octanol–water partition coefficient (Wildman–Crippen LogP) is 4.17. The highest BCUT2D eigenvalue weighted by Crippen LogP contribution is 2.25. The van der Waals surface area contributed by atoms with E-state index in [0.717, 1.165) is 25.9 Å². The number of carbonyl (C=O) groups is 1. The van der Waals surface area contributed by atoms with Gasteiger partial charge in [0.2, 0.25) is 0 Å². The minimum atomic E-state index is -4.40. The molecule has 2 heterocycles. The van der Waals surface area contributed by atoms with Crippen molar-refractivity contribution in [1.29, 1.82) is 0 Å². The number of halogens is 4. The van der Waals surface area contributed by atoms with E-state index in [1.54, 1.807) is 18.2 Å². The molecule has 0 saturated carbocycles. The molecule has 1 amide bonds. The van der Waals surface area contributed by atoms with Crippen LogP contribution in [0.3, 0.4) is 0 Å². The van der Waals surface area contributed by atoms with Crippen LogP contribution >= 0.6 is 11.6 Å². The van der Waals surface area contributed by atoms with E-state index < -0.39 is 12.8 Å². The van der Waals surface area contributed by atoms with Gasteiger partial charge in [0.1, 0.15) is 10.9 Å². The Morgan fingerprint density at radius 1 is 1.31 bits per heavy atom. The maximum absolute atomic E-state index is 12.6. The summed E-state index contributed by atoms with van der Waals surface area (Å²) < 4.78 is 41.4. The molecule has 5 nitrogen and oxygen atoms in total. The molecule has 156 valence electrons. The fourth-order valence-corrected chi connectivity index (χ4v) is 3.42. The lowest BCUT2D eigenvalue weighted by Crippen LogP contribution is -2.46. The van der Waals surface area contributed by atoms with Crippen LogP contribution in [-0.4, -0.2) is 54.8 Å². The zero-order valence-electron chi connectivity index (χ0n) is 15.8. The summed E-state index contributed by atoms with van der Waals surface area (Å²) in [6.07, 6.45) is -2.46. The zero-order chi connectivity index (χ0) is 21.0. The van der Waals surface area contributed by atoms with Crippen LogP contribution in [-0.2, 0) is 0 Å². The fraction of sp³-hybridized carbons (Fsp3) is 0.400. The number of hydrogen-bond donors (Lipinski definition) is 1. The summed E-state index contributed by atoms with van der Waals surface area (Å²) in [5.41, 5.74) is 1.44. The van der Waals surface area contributed by atoms with Crippen LogP contribution in [0.25, 0.3) is 11.3 Å². The molecule has 1 N–H and O–H groups in total. The molecule has 1 aromatic heterocycles. The van der Waals surface area contributed by atoms with Crippen molar-refractivity contribution >= 4 is 17.5 Å². The molecular formula is C20H21ClF3N3O2. The molecule has 1 fully saturated rings. The van der Waals surface area contributed by atoms with E-state index in [9.17, 15) is 18.0 Å². The Balaban J connectivity index is 1.72. The Kier molecular flexibility index (Phi) is 6.64. The Bertz CT molecular complexity index is 859. The number of likely N-dealkylation sites (N-methyl/N-ethyl adjacent to an activating group) is 1. The molecule has 1 aromatic carbocycles. The van der Waals surface area contributed by atoms with E-state index in [2.05, 4.69) is 15.2 Å². The van der Waals surface area contributed by atoms with Gasteiger partial charge in [0.05, 0.1) is 5.69 Å². The van der Waals surface area contributed by atoms with Crippen LogP contribution in [0, 0.1) is 0 Å². The lowest BCUT2D eigenvalue weighted by atomic mass is 10.0. The topological polar surface area (TPSA) is 54.5 Å². The number of amides is 1. The van der Waals surface area contributed by atoms with Gasteiger partial charge in [-0.05, 0) is 62.8 Å². The fourth-order valence-electron chi connectivity index (χ4n) is 3.22. The van der Waals surface area contributed by atoms with Gasteiger partial charge in [-0.25, -0.2) is 4.98 Å². The minimum absolute atomic E-state index is 0.0710. The summed E-state index contributed by atoms with van der Waals surface area (Å²) >= 11 is 6.09. The monoisotopic (exact) mass is 427 g/mol. The van der Waals surface area contributed by atoms with E-state index >= 15 is 0 Å². The number of alkyl halides is 3. The van der Waals surface area contributed by atoms with Crippen LogP contribution < -0.4 is 10.1 Å². The zero-order valence-corrected chi connectivity index (χ0v) is 16.6. The number of rotatable bonds is 5. The molecule has 9 heteroatoms. The van der Waals surface area contributed by atoms with Crippen molar-refractivity contribution in [2.75, 3.05) is 26.7 Å². The van der Waals surface area contributed by atoms with E-state index in [-0.39, 0.29) is 22.9 Å². The molecule has 3 rings (SSSR count). The van der Waals surface area contributed by atoms with Crippen LogP contribution in [0.15, 0.2) is 36.4 Å². The Hall–Kier alpha value is -2.32. The first-order valence-corrected chi connectivity index (χ1v) is 9.54. The molecule has 0 unspecified atom stereocenters. The van der Waals surface area contributed by atoms with Crippen molar-refractivity contribution in [2.24, 2.45) is 0 Å². The maximum atomic E-state index is 12.6. The lowest BCUT2D eigenvalue weighted by Gasteiger charge is -2.30. The molecule has 1 atom stereocenters. The second-order valence-electron chi connectivity index (χ2n) is 7.07. The number of pyridine rings is 1.